The summed E-state index contributed by atoms with van der Waals surface area (Å²) >= 11 is 5.68. The molecule has 0 aromatic heterocycles. The van der Waals surface area contributed by atoms with E-state index >= 15 is 0 Å². The average Bonchev–Trinajstić information content (AvgIpc) is 2.28. The number of hydrogen-bond acceptors (Lipinski definition) is 2. The van der Waals surface area contributed by atoms with Gasteiger partial charge in [0.05, 0.1) is 13.2 Å². The van der Waals surface area contributed by atoms with Gasteiger partial charge in [0.2, 0.25) is 5.91 Å². The molecule has 1 aromatic carbocycles. The van der Waals surface area contributed by atoms with Gasteiger partial charge in [-0.3, -0.25) is 4.79 Å². The molecule has 0 bridgehead atoms. The fraction of sp³-hybridized carbons (Fsp3) is 0.417. The number of alkyl halides is 1. The highest BCUT2D eigenvalue weighted by Gasteiger charge is 2.13. The minimum atomic E-state index is -0.513. The third-order valence-electron chi connectivity index (χ3n) is 2.34. The number of benzene rings is 1. The number of carbonyl (C=O) groups is 1. The van der Waals surface area contributed by atoms with Crippen LogP contribution >= 0.6 is 11.6 Å². The third-order valence-corrected chi connectivity index (χ3v) is 2.53. The molecular weight excluding hydrogens is 226 g/mol. The van der Waals surface area contributed by atoms with Crippen LogP contribution in [0.25, 0.3) is 0 Å². The van der Waals surface area contributed by atoms with Crippen LogP contribution in [0.1, 0.15) is 25.5 Å². The van der Waals surface area contributed by atoms with Crippen molar-refractivity contribution >= 4 is 17.5 Å². The zero-order valence-corrected chi connectivity index (χ0v) is 10.4. The topological polar surface area (TPSA) is 38.3 Å². The van der Waals surface area contributed by atoms with Gasteiger partial charge in [-0.1, -0.05) is 12.1 Å². The first-order valence-electron chi connectivity index (χ1n) is 5.13. The first-order chi connectivity index (χ1) is 7.54. The fourth-order valence-electron chi connectivity index (χ4n) is 1.30. The maximum atomic E-state index is 11.4. The summed E-state index contributed by atoms with van der Waals surface area (Å²) in [6.45, 7) is 3.57. The van der Waals surface area contributed by atoms with Gasteiger partial charge in [-0.2, -0.15) is 0 Å². The Hall–Kier alpha value is -1.22. The van der Waals surface area contributed by atoms with Crippen LogP contribution in [0, 0.1) is 0 Å². The molecule has 4 heteroatoms. The molecule has 1 unspecified atom stereocenters. The summed E-state index contributed by atoms with van der Waals surface area (Å²) in [6.07, 6.45) is 0. The smallest absolute Gasteiger partial charge is 0.238 e. The maximum absolute atomic E-state index is 11.4. The van der Waals surface area contributed by atoms with Gasteiger partial charge < -0.3 is 10.1 Å². The number of carbonyl (C=O) groups excluding carboxylic acids is 1. The van der Waals surface area contributed by atoms with E-state index in [9.17, 15) is 4.79 Å². The Morgan fingerprint density at radius 2 is 1.88 bits per heavy atom. The van der Waals surface area contributed by atoms with Crippen molar-refractivity contribution in [2.75, 3.05) is 7.11 Å². The Morgan fingerprint density at radius 1 is 1.31 bits per heavy atom. The van der Waals surface area contributed by atoms with Crippen molar-refractivity contribution in [3.8, 4) is 5.75 Å². The molecule has 0 spiro atoms. The van der Waals surface area contributed by atoms with E-state index in [4.69, 9.17) is 16.3 Å². The number of hydrogen-bond donors (Lipinski definition) is 1. The number of nitrogens with one attached hydrogen (secondary N) is 1. The zero-order valence-electron chi connectivity index (χ0n) is 9.66. The van der Waals surface area contributed by atoms with E-state index in [0.717, 1.165) is 11.3 Å². The highest BCUT2D eigenvalue weighted by Crippen LogP contribution is 2.17. The molecule has 0 heterocycles. The summed E-state index contributed by atoms with van der Waals surface area (Å²) < 4.78 is 5.06. The van der Waals surface area contributed by atoms with E-state index in [0.29, 0.717) is 0 Å². The molecule has 2 atom stereocenters. The number of rotatable bonds is 4. The van der Waals surface area contributed by atoms with Crippen molar-refractivity contribution < 1.29 is 9.53 Å². The predicted octanol–water partition coefficient (Wildman–Crippen LogP) is 2.50. The monoisotopic (exact) mass is 241 g/mol. The normalized spacial score (nSPS) is 14.0. The summed E-state index contributed by atoms with van der Waals surface area (Å²) in [4.78, 5) is 11.4. The molecule has 1 aromatic rings. The molecule has 0 saturated carbocycles. The van der Waals surface area contributed by atoms with Gasteiger partial charge in [0, 0.05) is 0 Å². The molecule has 0 aliphatic heterocycles. The van der Waals surface area contributed by atoms with Gasteiger partial charge in [-0.05, 0) is 31.5 Å². The van der Waals surface area contributed by atoms with Crippen LogP contribution in [0.3, 0.4) is 0 Å². The number of amides is 1. The molecule has 1 rings (SSSR count). The standard InChI is InChI=1S/C12H16ClNO2/c1-8(13)12(15)14-9(2)10-4-6-11(16-3)7-5-10/h4-9H,1-3H3,(H,14,15)/t8-,9?/m0/s1. The number of halogens is 1. The molecule has 0 fully saturated rings. The second-order valence-corrected chi connectivity index (χ2v) is 4.27. The Balaban J connectivity index is 2.65. The summed E-state index contributed by atoms with van der Waals surface area (Å²) in [6, 6.07) is 7.51. The van der Waals surface area contributed by atoms with Crippen molar-refractivity contribution in [3.05, 3.63) is 29.8 Å². The minimum Gasteiger partial charge on any atom is -0.497 e. The van der Waals surface area contributed by atoms with E-state index in [2.05, 4.69) is 5.32 Å². The summed E-state index contributed by atoms with van der Waals surface area (Å²) in [5.74, 6) is 0.637. The van der Waals surface area contributed by atoms with E-state index in [1.165, 1.54) is 0 Å². The Morgan fingerprint density at radius 3 is 2.31 bits per heavy atom. The molecule has 1 N–H and O–H groups in total. The zero-order chi connectivity index (χ0) is 12.1. The quantitative estimate of drug-likeness (QED) is 0.823. The Kier molecular flexibility index (Phi) is 4.62. The van der Waals surface area contributed by atoms with Crippen molar-refractivity contribution in [2.24, 2.45) is 0 Å². The van der Waals surface area contributed by atoms with Crippen molar-refractivity contribution in [1.82, 2.24) is 5.32 Å². The first kappa shape index (κ1) is 12.8. The molecule has 88 valence electrons. The fourth-order valence-corrected chi connectivity index (χ4v) is 1.37. The molecule has 0 saturated heterocycles. The van der Waals surface area contributed by atoms with Gasteiger partial charge in [0.15, 0.2) is 0 Å². The van der Waals surface area contributed by atoms with Crippen LogP contribution in [0.5, 0.6) is 5.75 Å². The van der Waals surface area contributed by atoms with Crippen LogP contribution in [0.4, 0.5) is 0 Å². The molecule has 0 aliphatic carbocycles. The van der Waals surface area contributed by atoms with Gasteiger partial charge in [-0.25, -0.2) is 0 Å². The molecule has 16 heavy (non-hydrogen) atoms. The minimum absolute atomic E-state index is 0.0559. The lowest BCUT2D eigenvalue weighted by Gasteiger charge is -2.15. The van der Waals surface area contributed by atoms with E-state index in [1.807, 2.05) is 31.2 Å². The van der Waals surface area contributed by atoms with Crippen LogP contribution in [-0.2, 0) is 4.79 Å². The van der Waals surface area contributed by atoms with Gasteiger partial charge in [0.25, 0.3) is 0 Å². The predicted molar refractivity (Wildman–Crippen MR) is 64.9 cm³/mol. The summed E-state index contributed by atoms with van der Waals surface area (Å²) in [5, 5.41) is 2.31. The third kappa shape index (κ3) is 3.42. The number of ether oxygens (including phenoxy) is 1. The van der Waals surface area contributed by atoms with Crippen molar-refractivity contribution in [1.29, 1.82) is 0 Å². The first-order valence-corrected chi connectivity index (χ1v) is 5.56. The van der Waals surface area contributed by atoms with Crippen LogP contribution < -0.4 is 10.1 Å². The van der Waals surface area contributed by atoms with Crippen LogP contribution in [0.15, 0.2) is 24.3 Å². The average molecular weight is 242 g/mol. The highest BCUT2D eigenvalue weighted by atomic mass is 35.5. The van der Waals surface area contributed by atoms with E-state index in [1.54, 1.807) is 14.0 Å². The lowest BCUT2D eigenvalue weighted by molar-refractivity contribution is -0.121. The van der Waals surface area contributed by atoms with E-state index in [-0.39, 0.29) is 11.9 Å². The Bertz CT molecular complexity index is 349. The second kappa shape index (κ2) is 5.75. The van der Waals surface area contributed by atoms with Crippen molar-refractivity contribution in [3.63, 3.8) is 0 Å². The van der Waals surface area contributed by atoms with E-state index < -0.39 is 5.38 Å². The van der Waals surface area contributed by atoms with Crippen LogP contribution in [0.2, 0.25) is 0 Å². The molecule has 0 radical (unpaired) electrons. The maximum Gasteiger partial charge on any atom is 0.238 e. The molecule has 3 nitrogen and oxygen atoms in total. The molecule has 1 amide bonds. The SMILES string of the molecule is COc1ccc(C(C)NC(=O)[C@H](C)Cl)cc1. The van der Waals surface area contributed by atoms with Crippen molar-refractivity contribution in [2.45, 2.75) is 25.3 Å². The lowest BCUT2D eigenvalue weighted by Crippen LogP contribution is -2.31. The van der Waals surface area contributed by atoms with Crippen LogP contribution in [-0.4, -0.2) is 18.4 Å². The highest BCUT2D eigenvalue weighted by molar-refractivity contribution is 6.30. The van der Waals surface area contributed by atoms with Gasteiger partial charge in [-0.15, -0.1) is 11.6 Å². The second-order valence-electron chi connectivity index (χ2n) is 3.62. The molecule has 0 aliphatic rings. The summed E-state index contributed by atoms with van der Waals surface area (Å²) in [7, 11) is 1.62. The lowest BCUT2D eigenvalue weighted by atomic mass is 10.1. The molecular formula is C12H16ClNO2. The largest absolute Gasteiger partial charge is 0.497 e. The van der Waals surface area contributed by atoms with Gasteiger partial charge in [0.1, 0.15) is 11.1 Å². The van der Waals surface area contributed by atoms with Gasteiger partial charge >= 0.3 is 0 Å². The summed E-state index contributed by atoms with van der Waals surface area (Å²) in [5.41, 5.74) is 1.02. The number of methoxy groups -OCH3 is 1. The Labute approximate surface area is 101 Å².